The maximum atomic E-state index is 12.8. The average Bonchev–Trinajstić information content (AvgIpc) is 2.40. The first-order valence-corrected chi connectivity index (χ1v) is 7.58. The highest BCUT2D eigenvalue weighted by atomic mass is 16.1. The van der Waals surface area contributed by atoms with Gasteiger partial charge in [0.2, 0.25) is 0 Å². The molecule has 1 aliphatic heterocycles. The van der Waals surface area contributed by atoms with Crippen molar-refractivity contribution in [1.82, 2.24) is 5.32 Å². The number of rotatable bonds is 0. The maximum Gasteiger partial charge on any atom is 0.143 e. The molecule has 0 aromatic heterocycles. The third-order valence-electron chi connectivity index (χ3n) is 5.65. The van der Waals surface area contributed by atoms with Gasteiger partial charge in [0.1, 0.15) is 5.78 Å². The Morgan fingerprint density at radius 1 is 1.37 bits per heavy atom. The predicted molar refractivity (Wildman–Crippen MR) is 75.3 cm³/mol. The average molecular weight is 255 g/mol. The molecule has 3 aliphatic rings. The van der Waals surface area contributed by atoms with Crippen LogP contribution in [0.5, 0.6) is 0 Å². The molecule has 100 valence electrons. The van der Waals surface area contributed by atoms with Crippen LogP contribution >= 0.6 is 0 Å². The van der Waals surface area contributed by atoms with E-state index >= 15 is 0 Å². The molecule has 19 heavy (non-hydrogen) atoms. The normalized spacial score (nSPS) is 36.6. The minimum absolute atomic E-state index is 0.145. The minimum atomic E-state index is -0.145. The van der Waals surface area contributed by atoms with E-state index in [0.717, 1.165) is 32.2 Å². The van der Waals surface area contributed by atoms with Crippen molar-refractivity contribution >= 4 is 5.78 Å². The van der Waals surface area contributed by atoms with Crippen LogP contribution in [0.2, 0.25) is 0 Å². The molecule has 1 N–H and O–H groups in total. The van der Waals surface area contributed by atoms with E-state index in [9.17, 15) is 4.79 Å². The first kappa shape index (κ1) is 11.7. The molecule has 3 atom stereocenters. The lowest BCUT2D eigenvalue weighted by molar-refractivity contribution is -0.132. The van der Waals surface area contributed by atoms with Gasteiger partial charge in [-0.2, -0.15) is 0 Å². The topological polar surface area (TPSA) is 29.1 Å². The van der Waals surface area contributed by atoms with Gasteiger partial charge in [0.15, 0.2) is 0 Å². The smallest absolute Gasteiger partial charge is 0.143 e. The van der Waals surface area contributed by atoms with Crippen LogP contribution in [0.3, 0.4) is 0 Å². The van der Waals surface area contributed by atoms with E-state index in [1.807, 2.05) is 0 Å². The summed E-state index contributed by atoms with van der Waals surface area (Å²) in [6.45, 7) is 3.15. The summed E-state index contributed by atoms with van der Waals surface area (Å²) in [4.78, 5) is 12.8. The summed E-state index contributed by atoms with van der Waals surface area (Å²) in [6, 6.07) is 7.27. The third-order valence-corrected chi connectivity index (χ3v) is 5.65. The molecule has 1 saturated heterocycles. The van der Waals surface area contributed by atoms with Gasteiger partial charge in [0, 0.05) is 12.5 Å². The van der Waals surface area contributed by atoms with Crippen LogP contribution in [-0.4, -0.2) is 18.4 Å². The Balaban J connectivity index is 1.97. The molecule has 1 aromatic carbocycles. The van der Waals surface area contributed by atoms with E-state index < -0.39 is 0 Å². The lowest BCUT2D eigenvalue weighted by atomic mass is 9.52. The van der Waals surface area contributed by atoms with E-state index in [2.05, 4.69) is 30.4 Å². The van der Waals surface area contributed by atoms with Crippen molar-refractivity contribution in [2.24, 2.45) is 5.92 Å². The number of hydrogen-bond acceptors (Lipinski definition) is 2. The SMILES string of the molecule is Cc1ccc2c(c1)[C@]13CCN[C@H](C2)[C@@H]1CCCC3=O. The van der Waals surface area contributed by atoms with Crippen molar-refractivity contribution in [2.75, 3.05) is 6.54 Å². The van der Waals surface area contributed by atoms with Gasteiger partial charge in [-0.1, -0.05) is 23.8 Å². The Labute approximate surface area is 114 Å². The van der Waals surface area contributed by atoms with E-state index in [0.29, 0.717) is 17.7 Å². The number of carbonyl (C=O) groups is 1. The van der Waals surface area contributed by atoms with Crippen molar-refractivity contribution < 1.29 is 4.79 Å². The maximum absolute atomic E-state index is 12.8. The molecule has 0 unspecified atom stereocenters. The van der Waals surface area contributed by atoms with Crippen LogP contribution in [0.25, 0.3) is 0 Å². The molecule has 0 amide bonds. The van der Waals surface area contributed by atoms with Crippen LogP contribution < -0.4 is 5.32 Å². The molecule has 2 fully saturated rings. The van der Waals surface area contributed by atoms with Crippen LogP contribution in [-0.2, 0) is 16.6 Å². The van der Waals surface area contributed by atoms with Gasteiger partial charge in [-0.15, -0.1) is 0 Å². The fourth-order valence-corrected chi connectivity index (χ4v) is 4.84. The van der Waals surface area contributed by atoms with Gasteiger partial charge in [-0.05, 0) is 56.2 Å². The highest BCUT2D eigenvalue weighted by molar-refractivity contribution is 5.92. The van der Waals surface area contributed by atoms with E-state index in [1.165, 1.54) is 23.1 Å². The van der Waals surface area contributed by atoms with Crippen molar-refractivity contribution in [3.05, 3.63) is 34.9 Å². The number of fused-ring (bicyclic) bond motifs is 1. The van der Waals surface area contributed by atoms with Gasteiger partial charge < -0.3 is 5.32 Å². The molecular weight excluding hydrogens is 234 g/mol. The molecule has 2 bridgehead atoms. The van der Waals surface area contributed by atoms with E-state index in [4.69, 9.17) is 0 Å². The Morgan fingerprint density at radius 2 is 2.26 bits per heavy atom. The Kier molecular flexibility index (Phi) is 2.41. The number of Topliss-reactive ketones (excluding diaryl/α,β-unsaturated/α-hetero) is 1. The summed E-state index contributed by atoms with van der Waals surface area (Å²) < 4.78 is 0. The number of nitrogens with one attached hydrogen (secondary N) is 1. The summed E-state index contributed by atoms with van der Waals surface area (Å²) in [5.41, 5.74) is 3.94. The largest absolute Gasteiger partial charge is 0.313 e. The second-order valence-corrected chi connectivity index (χ2v) is 6.57. The number of hydrogen-bond donors (Lipinski definition) is 1. The van der Waals surface area contributed by atoms with Gasteiger partial charge in [0.05, 0.1) is 5.41 Å². The number of piperidine rings is 1. The van der Waals surface area contributed by atoms with E-state index in [1.54, 1.807) is 0 Å². The first-order valence-electron chi connectivity index (χ1n) is 7.58. The number of ketones is 1. The summed E-state index contributed by atoms with van der Waals surface area (Å²) in [5, 5.41) is 3.67. The summed E-state index contributed by atoms with van der Waals surface area (Å²) >= 11 is 0. The Hall–Kier alpha value is -1.15. The third kappa shape index (κ3) is 1.44. The second-order valence-electron chi connectivity index (χ2n) is 6.57. The molecule has 2 aliphatic carbocycles. The highest BCUT2D eigenvalue weighted by Crippen LogP contribution is 2.52. The standard InChI is InChI=1S/C17H21NO/c1-11-5-6-12-10-15-13-3-2-4-16(19)17(13,7-8-18-15)14(12)9-11/h5-6,9,13,15,18H,2-4,7-8,10H2,1H3/t13-,15+,17-/m0/s1. The zero-order chi connectivity index (χ0) is 13.0. The fraction of sp³-hybridized carbons (Fsp3) is 0.588. The van der Waals surface area contributed by atoms with Crippen LogP contribution in [0.4, 0.5) is 0 Å². The molecule has 2 nitrogen and oxygen atoms in total. The second kappa shape index (κ2) is 3.92. The Bertz CT molecular complexity index is 550. The quantitative estimate of drug-likeness (QED) is 0.772. The number of aryl methyl sites for hydroxylation is 1. The van der Waals surface area contributed by atoms with Crippen LogP contribution in [0.15, 0.2) is 18.2 Å². The van der Waals surface area contributed by atoms with Crippen molar-refractivity contribution in [3.63, 3.8) is 0 Å². The van der Waals surface area contributed by atoms with Gasteiger partial charge in [-0.25, -0.2) is 0 Å². The lowest BCUT2D eigenvalue weighted by Crippen LogP contribution is -2.62. The minimum Gasteiger partial charge on any atom is -0.313 e. The highest BCUT2D eigenvalue weighted by Gasteiger charge is 2.55. The molecule has 4 rings (SSSR count). The summed E-state index contributed by atoms with van der Waals surface area (Å²) in [7, 11) is 0. The van der Waals surface area contributed by atoms with Crippen molar-refractivity contribution in [1.29, 1.82) is 0 Å². The lowest BCUT2D eigenvalue weighted by Gasteiger charge is -2.54. The van der Waals surface area contributed by atoms with Crippen LogP contribution in [0.1, 0.15) is 42.4 Å². The molecule has 2 heteroatoms. The monoisotopic (exact) mass is 255 g/mol. The van der Waals surface area contributed by atoms with Gasteiger partial charge in [0.25, 0.3) is 0 Å². The molecule has 0 spiro atoms. The fourth-order valence-electron chi connectivity index (χ4n) is 4.84. The zero-order valence-corrected chi connectivity index (χ0v) is 11.5. The summed E-state index contributed by atoms with van der Waals surface area (Å²) in [6.07, 6.45) is 5.21. The molecule has 1 saturated carbocycles. The van der Waals surface area contributed by atoms with Crippen molar-refractivity contribution in [2.45, 2.75) is 50.5 Å². The molecular formula is C17H21NO. The van der Waals surface area contributed by atoms with Crippen LogP contribution in [0, 0.1) is 12.8 Å². The molecule has 1 heterocycles. The molecule has 0 radical (unpaired) electrons. The Morgan fingerprint density at radius 3 is 3.16 bits per heavy atom. The van der Waals surface area contributed by atoms with Gasteiger partial charge >= 0.3 is 0 Å². The molecule has 1 aromatic rings. The number of benzene rings is 1. The van der Waals surface area contributed by atoms with Crippen molar-refractivity contribution in [3.8, 4) is 0 Å². The number of carbonyl (C=O) groups excluding carboxylic acids is 1. The van der Waals surface area contributed by atoms with Gasteiger partial charge in [-0.3, -0.25) is 4.79 Å². The zero-order valence-electron chi connectivity index (χ0n) is 11.5. The summed E-state index contributed by atoms with van der Waals surface area (Å²) in [5.74, 6) is 1.05. The predicted octanol–water partition coefficient (Wildman–Crippen LogP) is 2.52. The first-order chi connectivity index (χ1) is 9.22. The van der Waals surface area contributed by atoms with E-state index in [-0.39, 0.29) is 5.41 Å².